The number of ketones is 1. The predicted octanol–water partition coefficient (Wildman–Crippen LogP) is 3.82. The smallest absolute Gasteiger partial charge is 0.310 e. The summed E-state index contributed by atoms with van der Waals surface area (Å²) < 4.78 is 1.55. The molecule has 9 nitrogen and oxygen atoms in total. The highest BCUT2D eigenvalue weighted by atomic mass is 16.7. The lowest BCUT2D eigenvalue weighted by Gasteiger charge is -2.19. The van der Waals surface area contributed by atoms with Crippen molar-refractivity contribution >= 4 is 17.6 Å². The van der Waals surface area contributed by atoms with Gasteiger partial charge in [0, 0.05) is 24.4 Å². The van der Waals surface area contributed by atoms with Crippen molar-refractivity contribution in [1.82, 2.24) is 25.6 Å². The Balaban J connectivity index is 1.33. The number of hydroxylamine groups is 1. The SMILES string of the molecule is O=C(CC(NC(=O)c1cccnc1-n1ccc(-c2ccccc2)n1)c1ccccc1)C(=O)NOCC1CC1. The topological polar surface area (TPSA) is 115 Å². The maximum absolute atomic E-state index is 13.5. The Hall–Kier alpha value is -4.63. The minimum atomic E-state index is -0.840. The van der Waals surface area contributed by atoms with E-state index in [0.29, 0.717) is 23.9 Å². The quantitative estimate of drug-likeness (QED) is 0.235. The Morgan fingerprint density at radius 2 is 1.68 bits per heavy atom. The van der Waals surface area contributed by atoms with Gasteiger partial charge in [0.2, 0.25) is 5.78 Å². The average molecular weight is 510 g/mol. The first-order valence-corrected chi connectivity index (χ1v) is 12.5. The number of benzene rings is 2. The molecule has 1 atom stereocenters. The average Bonchev–Trinajstić information content (AvgIpc) is 3.65. The third kappa shape index (κ3) is 6.19. The van der Waals surface area contributed by atoms with Crippen LogP contribution in [0.5, 0.6) is 0 Å². The Kier molecular flexibility index (Phi) is 7.65. The van der Waals surface area contributed by atoms with Crippen molar-refractivity contribution in [2.24, 2.45) is 5.92 Å². The summed E-state index contributed by atoms with van der Waals surface area (Å²) in [5.41, 5.74) is 4.87. The van der Waals surface area contributed by atoms with Crippen molar-refractivity contribution in [2.75, 3.05) is 6.61 Å². The molecule has 1 fully saturated rings. The first kappa shape index (κ1) is 25.0. The molecule has 2 amide bonds. The van der Waals surface area contributed by atoms with E-state index in [2.05, 4.69) is 20.9 Å². The van der Waals surface area contributed by atoms with Crippen LogP contribution in [0.4, 0.5) is 0 Å². The molecule has 1 aliphatic carbocycles. The van der Waals surface area contributed by atoms with E-state index in [1.165, 1.54) is 0 Å². The minimum Gasteiger partial charge on any atom is -0.345 e. The molecule has 1 aliphatic rings. The van der Waals surface area contributed by atoms with Crippen LogP contribution in [-0.2, 0) is 14.4 Å². The zero-order chi connectivity index (χ0) is 26.3. The number of nitrogens with zero attached hydrogens (tertiary/aromatic N) is 3. The fourth-order valence-corrected chi connectivity index (χ4v) is 3.98. The highest BCUT2D eigenvalue weighted by Crippen LogP contribution is 2.28. The van der Waals surface area contributed by atoms with Gasteiger partial charge in [-0.1, -0.05) is 60.7 Å². The molecule has 2 heterocycles. The summed E-state index contributed by atoms with van der Waals surface area (Å²) in [4.78, 5) is 48.0. The number of carbonyl (C=O) groups is 3. The Morgan fingerprint density at radius 1 is 0.947 bits per heavy atom. The molecule has 192 valence electrons. The van der Waals surface area contributed by atoms with E-state index < -0.39 is 23.6 Å². The van der Waals surface area contributed by atoms with Crippen LogP contribution >= 0.6 is 0 Å². The van der Waals surface area contributed by atoms with Gasteiger partial charge >= 0.3 is 5.91 Å². The summed E-state index contributed by atoms with van der Waals surface area (Å²) in [6.07, 6.45) is 5.22. The first-order chi connectivity index (χ1) is 18.6. The van der Waals surface area contributed by atoms with E-state index in [1.807, 2.05) is 54.6 Å². The number of rotatable bonds is 11. The summed E-state index contributed by atoms with van der Waals surface area (Å²) in [5, 5.41) is 7.51. The number of hydrogen-bond acceptors (Lipinski definition) is 6. The normalized spacial score (nSPS) is 13.5. The van der Waals surface area contributed by atoms with Gasteiger partial charge in [-0.15, -0.1) is 0 Å². The van der Waals surface area contributed by atoms with Crippen LogP contribution in [0.15, 0.2) is 91.3 Å². The van der Waals surface area contributed by atoms with Gasteiger partial charge < -0.3 is 5.32 Å². The summed E-state index contributed by atoms with van der Waals surface area (Å²) in [6, 6.07) is 23.1. The number of Topliss-reactive ketones (excluding diaryl/α,β-unsaturated/α-hetero) is 1. The molecule has 9 heteroatoms. The third-order valence-corrected chi connectivity index (χ3v) is 6.24. The predicted molar refractivity (Wildman–Crippen MR) is 140 cm³/mol. The van der Waals surface area contributed by atoms with Gasteiger partial charge in [-0.2, -0.15) is 5.10 Å². The molecule has 4 aromatic rings. The van der Waals surface area contributed by atoms with Crippen LogP contribution in [0.25, 0.3) is 17.1 Å². The van der Waals surface area contributed by atoms with Gasteiger partial charge in [0.15, 0.2) is 5.82 Å². The van der Waals surface area contributed by atoms with Crippen LogP contribution in [0.3, 0.4) is 0 Å². The molecule has 2 N–H and O–H groups in total. The van der Waals surface area contributed by atoms with Gasteiger partial charge in [0.05, 0.1) is 23.9 Å². The van der Waals surface area contributed by atoms with E-state index in [-0.39, 0.29) is 12.0 Å². The third-order valence-electron chi connectivity index (χ3n) is 6.24. The summed E-state index contributed by atoms with van der Waals surface area (Å²) in [7, 11) is 0. The van der Waals surface area contributed by atoms with Crippen molar-refractivity contribution in [1.29, 1.82) is 0 Å². The lowest BCUT2D eigenvalue weighted by atomic mass is 10.0. The second-order valence-corrected chi connectivity index (χ2v) is 9.14. The second kappa shape index (κ2) is 11.6. The standard InChI is InChI=1S/C29H27N5O4/c35-26(29(37)33-38-19-20-13-14-20)18-25(22-10-5-2-6-11-22)31-28(36)23-12-7-16-30-27(23)34-17-15-24(32-34)21-8-3-1-4-9-21/h1-12,15-17,20,25H,13-14,18-19H2,(H,31,36)(H,33,37). The van der Waals surface area contributed by atoms with Crippen LogP contribution in [0.1, 0.15) is 41.2 Å². The minimum absolute atomic E-state index is 0.232. The number of pyridine rings is 1. The number of amides is 2. The summed E-state index contributed by atoms with van der Waals surface area (Å²) >= 11 is 0. The second-order valence-electron chi connectivity index (χ2n) is 9.14. The number of hydrogen-bond donors (Lipinski definition) is 2. The Bertz CT molecular complexity index is 1420. The molecule has 0 aliphatic heterocycles. The first-order valence-electron chi connectivity index (χ1n) is 12.5. The fraction of sp³-hybridized carbons (Fsp3) is 0.207. The number of aromatic nitrogens is 3. The zero-order valence-electron chi connectivity index (χ0n) is 20.6. The molecule has 1 saturated carbocycles. The molecule has 0 radical (unpaired) electrons. The Morgan fingerprint density at radius 3 is 2.42 bits per heavy atom. The van der Waals surface area contributed by atoms with E-state index in [0.717, 1.165) is 24.1 Å². The van der Waals surface area contributed by atoms with Gasteiger partial charge in [-0.25, -0.2) is 15.1 Å². The van der Waals surface area contributed by atoms with E-state index >= 15 is 0 Å². The Labute approximate surface area is 219 Å². The van der Waals surface area contributed by atoms with Crippen molar-refractivity contribution < 1.29 is 19.2 Å². The molecule has 38 heavy (non-hydrogen) atoms. The summed E-state index contributed by atoms with van der Waals surface area (Å²) in [6.45, 7) is 0.390. The van der Waals surface area contributed by atoms with E-state index in [9.17, 15) is 14.4 Å². The maximum atomic E-state index is 13.5. The number of nitrogens with one attached hydrogen (secondary N) is 2. The van der Waals surface area contributed by atoms with Crippen molar-refractivity contribution in [3.63, 3.8) is 0 Å². The van der Waals surface area contributed by atoms with E-state index in [4.69, 9.17) is 4.84 Å². The van der Waals surface area contributed by atoms with E-state index in [1.54, 1.807) is 41.3 Å². The molecular formula is C29H27N5O4. The molecule has 5 rings (SSSR count). The van der Waals surface area contributed by atoms with Crippen LogP contribution in [-0.4, -0.2) is 39.0 Å². The largest absolute Gasteiger partial charge is 0.345 e. The molecule has 1 unspecified atom stereocenters. The zero-order valence-corrected chi connectivity index (χ0v) is 20.6. The lowest BCUT2D eigenvalue weighted by molar-refractivity contribution is -0.146. The van der Waals surface area contributed by atoms with Crippen molar-refractivity contribution in [3.05, 3.63) is 102 Å². The lowest BCUT2D eigenvalue weighted by Crippen LogP contribution is -2.36. The molecule has 0 spiro atoms. The molecular weight excluding hydrogens is 482 g/mol. The molecule has 0 bridgehead atoms. The summed E-state index contributed by atoms with van der Waals surface area (Å²) in [5.74, 6) is -1.20. The van der Waals surface area contributed by atoms with Crippen LogP contribution in [0, 0.1) is 5.92 Å². The molecule has 2 aromatic heterocycles. The van der Waals surface area contributed by atoms with Gasteiger partial charge in [0.25, 0.3) is 5.91 Å². The van der Waals surface area contributed by atoms with Crippen molar-refractivity contribution in [2.45, 2.75) is 25.3 Å². The van der Waals surface area contributed by atoms with Crippen LogP contribution < -0.4 is 10.8 Å². The molecule has 0 saturated heterocycles. The van der Waals surface area contributed by atoms with Gasteiger partial charge in [-0.3, -0.25) is 19.2 Å². The van der Waals surface area contributed by atoms with Crippen molar-refractivity contribution in [3.8, 4) is 17.1 Å². The highest BCUT2D eigenvalue weighted by molar-refractivity contribution is 6.36. The molecule has 2 aromatic carbocycles. The van der Waals surface area contributed by atoms with Gasteiger partial charge in [0.1, 0.15) is 0 Å². The maximum Gasteiger partial charge on any atom is 0.310 e. The van der Waals surface area contributed by atoms with Gasteiger partial charge in [-0.05, 0) is 42.5 Å². The monoisotopic (exact) mass is 509 g/mol. The van der Waals surface area contributed by atoms with Crippen LogP contribution in [0.2, 0.25) is 0 Å². The highest BCUT2D eigenvalue weighted by Gasteiger charge is 2.26. The fourth-order valence-electron chi connectivity index (χ4n) is 3.98. The number of carbonyl (C=O) groups excluding carboxylic acids is 3.